The molecule has 0 aliphatic carbocycles. The molecular weight excluding hydrogens is 240 g/mol. The molecule has 3 N–H and O–H groups in total. The van der Waals surface area contributed by atoms with Crippen molar-refractivity contribution >= 4 is 15.7 Å². The van der Waals surface area contributed by atoms with Crippen LogP contribution in [0.4, 0.5) is 5.82 Å². The molecule has 94 valence electrons. The maximum Gasteiger partial charge on any atom is 0.150 e. The Morgan fingerprint density at radius 3 is 2.71 bits per heavy atom. The van der Waals surface area contributed by atoms with Crippen molar-refractivity contribution in [1.29, 1.82) is 0 Å². The van der Waals surface area contributed by atoms with E-state index in [-0.39, 0.29) is 17.5 Å². The van der Waals surface area contributed by atoms with Crippen LogP contribution in [-0.4, -0.2) is 29.7 Å². The van der Waals surface area contributed by atoms with E-state index in [1.165, 1.54) is 0 Å². The Morgan fingerprint density at radius 2 is 2.00 bits per heavy atom. The molecule has 0 spiro atoms. The zero-order valence-electron chi connectivity index (χ0n) is 9.52. The summed E-state index contributed by atoms with van der Waals surface area (Å²) in [6.45, 7) is 1.55. The van der Waals surface area contributed by atoms with Gasteiger partial charge in [-0.15, -0.1) is 0 Å². The summed E-state index contributed by atoms with van der Waals surface area (Å²) in [7, 11) is -2.82. The quantitative estimate of drug-likeness (QED) is 0.727. The van der Waals surface area contributed by atoms with Crippen LogP contribution in [0.25, 0.3) is 0 Å². The van der Waals surface area contributed by atoms with Gasteiger partial charge in [0.25, 0.3) is 0 Å². The van der Waals surface area contributed by atoms with Gasteiger partial charge in [-0.1, -0.05) is 0 Å². The Bertz CT molecular complexity index is 535. The van der Waals surface area contributed by atoms with Crippen LogP contribution in [0.3, 0.4) is 0 Å². The van der Waals surface area contributed by atoms with E-state index >= 15 is 0 Å². The van der Waals surface area contributed by atoms with Crippen molar-refractivity contribution in [2.24, 2.45) is 0 Å². The van der Waals surface area contributed by atoms with Gasteiger partial charge >= 0.3 is 0 Å². The molecule has 0 saturated carbocycles. The van der Waals surface area contributed by atoms with Crippen molar-refractivity contribution in [3.63, 3.8) is 0 Å². The Morgan fingerprint density at radius 1 is 1.29 bits per heavy atom. The van der Waals surface area contributed by atoms with Crippen molar-refractivity contribution in [2.75, 3.05) is 17.2 Å². The third-order valence-corrected chi connectivity index (χ3v) is 5.33. The van der Waals surface area contributed by atoms with Crippen LogP contribution in [-0.2, 0) is 22.9 Å². The van der Waals surface area contributed by atoms with E-state index in [1.807, 2.05) is 4.68 Å². The summed E-state index contributed by atoms with van der Waals surface area (Å²) in [6.07, 6.45) is 1.30. The maximum atomic E-state index is 11.4. The van der Waals surface area contributed by atoms with Crippen LogP contribution in [0.15, 0.2) is 0 Å². The third-order valence-electron chi connectivity index (χ3n) is 3.61. The Balaban J connectivity index is 1.89. The number of sulfone groups is 1. The van der Waals surface area contributed by atoms with Crippen LogP contribution in [0, 0.1) is 0 Å². The van der Waals surface area contributed by atoms with Gasteiger partial charge in [0.05, 0.1) is 23.2 Å². The predicted octanol–water partition coefficient (Wildman–Crippen LogP) is -0.182. The van der Waals surface area contributed by atoms with Crippen molar-refractivity contribution in [3.8, 4) is 0 Å². The highest BCUT2D eigenvalue weighted by Crippen LogP contribution is 2.30. The molecule has 0 radical (unpaired) electrons. The zero-order chi connectivity index (χ0) is 12.0. The molecule has 0 bridgehead atoms. The van der Waals surface area contributed by atoms with Crippen LogP contribution >= 0.6 is 0 Å². The summed E-state index contributed by atoms with van der Waals surface area (Å²) in [5.41, 5.74) is 8.08. The lowest BCUT2D eigenvalue weighted by atomic mass is 10.1. The molecule has 3 rings (SSSR count). The highest BCUT2D eigenvalue weighted by molar-refractivity contribution is 7.91. The van der Waals surface area contributed by atoms with Crippen LogP contribution in [0.1, 0.15) is 30.1 Å². The molecule has 0 unspecified atom stereocenters. The summed E-state index contributed by atoms with van der Waals surface area (Å²) >= 11 is 0. The van der Waals surface area contributed by atoms with Gasteiger partial charge in [-0.05, 0) is 12.8 Å². The zero-order valence-corrected chi connectivity index (χ0v) is 10.3. The molecule has 17 heavy (non-hydrogen) atoms. The number of nitrogens with two attached hydrogens (primary N) is 1. The molecule has 1 aromatic heterocycles. The highest BCUT2D eigenvalue weighted by atomic mass is 32.2. The molecule has 3 heterocycles. The van der Waals surface area contributed by atoms with E-state index < -0.39 is 9.84 Å². The van der Waals surface area contributed by atoms with Gasteiger partial charge in [0.1, 0.15) is 15.7 Å². The van der Waals surface area contributed by atoms with Crippen molar-refractivity contribution < 1.29 is 8.42 Å². The first-order chi connectivity index (χ1) is 8.07. The Hall–Kier alpha value is -1.08. The molecule has 7 heteroatoms. The molecule has 1 saturated heterocycles. The fraction of sp³-hybridized carbons (Fsp3) is 0.700. The van der Waals surface area contributed by atoms with Gasteiger partial charge < -0.3 is 11.1 Å². The van der Waals surface area contributed by atoms with Crippen molar-refractivity contribution in [1.82, 2.24) is 15.1 Å². The minimum atomic E-state index is -2.82. The normalized spacial score (nSPS) is 23.8. The standard InChI is InChI=1S/C10H16N4O2S/c11-10-8-5-12-6-9(8)14(13-10)7-1-3-17(15,16)4-2-7/h7,12H,1-6H2,(H2,11,13). The summed E-state index contributed by atoms with van der Waals surface area (Å²) in [5, 5.41) is 7.61. The number of hydrogen-bond acceptors (Lipinski definition) is 5. The molecule has 6 nitrogen and oxygen atoms in total. The van der Waals surface area contributed by atoms with E-state index in [4.69, 9.17) is 5.73 Å². The van der Waals surface area contributed by atoms with Crippen LogP contribution < -0.4 is 11.1 Å². The first-order valence-electron chi connectivity index (χ1n) is 5.84. The van der Waals surface area contributed by atoms with Gasteiger partial charge in [-0.3, -0.25) is 4.68 Å². The van der Waals surface area contributed by atoms with Crippen LogP contribution in [0.5, 0.6) is 0 Å². The van der Waals surface area contributed by atoms with Gasteiger partial charge in [0.2, 0.25) is 0 Å². The summed E-state index contributed by atoms with van der Waals surface area (Å²) in [6, 6.07) is 0.185. The largest absolute Gasteiger partial charge is 0.382 e. The fourth-order valence-electron chi connectivity index (χ4n) is 2.63. The Labute approximate surface area is 100 Å². The summed E-state index contributed by atoms with van der Waals surface area (Å²) in [4.78, 5) is 0. The lowest BCUT2D eigenvalue weighted by molar-refractivity contribution is 0.401. The second-order valence-electron chi connectivity index (χ2n) is 4.74. The van der Waals surface area contributed by atoms with E-state index in [1.54, 1.807) is 0 Å². The van der Waals surface area contributed by atoms with Crippen LogP contribution in [0.2, 0.25) is 0 Å². The third kappa shape index (κ3) is 1.83. The SMILES string of the molecule is Nc1nn(C2CCS(=O)(=O)CC2)c2c1CNC2. The summed E-state index contributed by atoms with van der Waals surface area (Å²) < 4.78 is 24.7. The fourth-order valence-corrected chi connectivity index (χ4v) is 4.10. The topological polar surface area (TPSA) is 90.0 Å². The number of fused-ring (bicyclic) bond motifs is 1. The van der Waals surface area contributed by atoms with Crippen molar-refractivity contribution in [2.45, 2.75) is 32.0 Å². The first kappa shape index (κ1) is 11.0. The predicted molar refractivity (Wildman–Crippen MR) is 64.1 cm³/mol. The van der Waals surface area contributed by atoms with E-state index in [9.17, 15) is 8.42 Å². The van der Waals surface area contributed by atoms with Crippen molar-refractivity contribution in [3.05, 3.63) is 11.3 Å². The number of hydrogen-bond donors (Lipinski definition) is 2. The van der Waals surface area contributed by atoms with Gasteiger partial charge in [-0.2, -0.15) is 5.10 Å². The second-order valence-corrected chi connectivity index (χ2v) is 7.05. The van der Waals surface area contributed by atoms with Gasteiger partial charge in [-0.25, -0.2) is 8.42 Å². The van der Waals surface area contributed by atoms with E-state index in [2.05, 4.69) is 10.4 Å². The molecule has 2 aliphatic heterocycles. The molecule has 2 aliphatic rings. The maximum absolute atomic E-state index is 11.4. The minimum absolute atomic E-state index is 0.185. The Kier molecular flexibility index (Phi) is 2.41. The number of nitrogens with zero attached hydrogens (tertiary/aromatic N) is 2. The van der Waals surface area contributed by atoms with Gasteiger partial charge in [0, 0.05) is 18.7 Å². The molecular formula is C10H16N4O2S. The molecule has 0 aromatic carbocycles. The second kappa shape index (κ2) is 3.71. The first-order valence-corrected chi connectivity index (χ1v) is 7.66. The molecule has 0 amide bonds. The highest BCUT2D eigenvalue weighted by Gasteiger charge is 2.29. The van der Waals surface area contributed by atoms with E-state index in [0.717, 1.165) is 24.3 Å². The number of rotatable bonds is 1. The number of nitrogen functional groups attached to an aromatic ring is 1. The smallest absolute Gasteiger partial charge is 0.150 e. The number of nitrogens with one attached hydrogen (secondary N) is 1. The lowest BCUT2D eigenvalue weighted by Crippen LogP contribution is -2.27. The molecule has 1 aromatic rings. The number of anilines is 1. The number of aromatic nitrogens is 2. The average Bonchev–Trinajstić information content (AvgIpc) is 2.83. The molecule has 1 fully saturated rings. The van der Waals surface area contributed by atoms with E-state index in [0.29, 0.717) is 18.7 Å². The monoisotopic (exact) mass is 256 g/mol. The minimum Gasteiger partial charge on any atom is -0.382 e. The molecule has 0 atom stereocenters. The summed E-state index contributed by atoms with van der Waals surface area (Å²) in [5.74, 6) is 1.11. The van der Waals surface area contributed by atoms with Gasteiger partial charge in [0.15, 0.2) is 0 Å². The lowest BCUT2D eigenvalue weighted by Gasteiger charge is -2.23. The average molecular weight is 256 g/mol.